The van der Waals surface area contributed by atoms with Crippen LogP contribution in [0.1, 0.15) is 33.0 Å². The van der Waals surface area contributed by atoms with Gasteiger partial charge in [0.15, 0.2) is 0 Å². The molecule has 1 aliphatic carbocycles. The smallest absolute Gasteiger partial charge is 0.398 e. The van der Waals surface area contributed by atoms with Crippen LogP contribution in [0.25, 0.3) is 0 Å². The van der Waals surface area contributed by atoms with E-state index >= 15 is 0 Å². The summed E-state index contributed by atoms with van der Waals surface area (Å²) in [5, 5.41) is 5.37. The summed E-state index contributed by atoms with van der Waals surface area (Å²) in [5.41, 5.74) is 6.19. The molecule has 0 spiro atoms. The second-order valence-electron chi connectivity index (χ2n) is 8.64. The number of rotatable bonds is 5. The van der Waals surface area contributed by atoms with Gasteiger partial charge < -0.3 is 16.4 Å². The van der Waals surface area contributed by atoms with Crippen molar-refractivity contribution in [2.75, 3.05) is 16.4 Å². The molecule has 3 aromatic carbocycles. The number of amides is 2. The van der Waals surface area contributed by atoms with Crippen LogP contribution in [-0.4, -0.2) is 16.1 Å². The van der Waals surface area contributed by atoms with Crippen molar-refractivity contribution in [3.05, 3.63) is 86.1 Å². The molecule has 0 saturated heterocycles. The summed E-state index contributed by atoms with van der Waals surface area (Å²) in [6.07, 6.45) is -4.94. The lowest BCUT2D eigenvalue weighted by molar-refractivity contribution is -0.140. The first kappa shape index (κ1) is 28.5. The van der Waals surface area contributed by atoms with Gasteiger partial charge in [-0.3, -0.25) is 9.59 Å². The summed E-state index contributed by atoms with van der Waals surface area (Å²) in [4.78, 5) is 25.9. The fourth-order valence-electron chi connectivity index (χ4n) is 4.04. The Kier molecular flexibility index (Phi) is 7.66. The highest BCUT2D eigenvalue weighted by Gasteiger charge is 2.67. The van der Waals surface area contributed by atoms with Crippen molar-refractivity contribution in [1.29, 1.82) is 0 Å². The molecule has 1 fully saturated rings. The summed E-state index contributed by atoms with van der Waals surface area (Å²) in [6, 6.07) is 9.82. The third-order valence-corrected chi connectivity index (χ3v) is 8.14. The van der Waals surface area contributed by atoms with Crippen LogP contribution in [0.15, 0.2) is 53.0 Å². The molecule has 3 aromatic rings. The van der Waals surface area contributed by atoms with E-state index in [1.807, 2.05) is 0 Å². The fraction of sp³-hybridized carbons (Fsp3) is 0.200. The van der Waals surface area contributed by atoms with Crippen molar-refractivity contribution in [2.24, 2.45) is 5.92 Å². The maximum absolute atomic E-state index is 13.7. The van der Waals surface area contributed by atoms with Gasteiger partial charge in [0.25, 0.3) is 5.91 Å². The number of benzene rings is 3. The van der Waals surface area contributed by atoms with Crippen molar-refractivity contribution < 1.29 is 27.2 Å². The minimum atomic E-state index is -4.94. The van der Waals surface area contributed by atoms with Crippen LogP contribution < -0.4 is 16.4 Å². The lowest BCUT2D eigenvalue weighted by atomic mass is 10.0. The number of alkyl halides is 5. The Bertz CT molecular complexity index is 1470. The molecule has 4 N–H and O–H groups in total. The second-order valence-corrected chi connectivity index (χ2v) is 11.3. The molecule has 5 nitrogen and oxygen atoms in total. The first-order chi connectivity index (χ1) is 17.6. The van der Waals surface area contributed by atoms with E-state index in [1.165, 1.54) is 18.2 Å². The molecule has 0 unspecified atom stereocenters. The summed E-state index contributed by atoms with van der Waals surface area (Å²) in [7, 11) is 0. The van der Waals surface area contributed by atoms with Crippen molar-refractivity contribution in [3.63, 3.8) is 0 Å². The maximum Gasteiger partial charge on any atom is 0.419 e. The van der Waals surface area contributed by atoms with Crippen LogP contribution in [0.2, 0.25) is 5.02 Å². The zero-order valence-electron chi connectivity index (χ0n) is 19.2. The molecule has 0 bridgehead atoms. The highest BCUT2D eigenvalue weighted by molar-refractivity contribution is 9.10. The van der Waals surface area contributed by atoms with E-state index in [9.17, 15) is 27.2 Å². The van der Waals surface area contributed by atoms with Gasteiger partial charge in [-0.25, -0.2) is 4.39 Å². The Morgan fingerprint density at radius 3 is 2.39 bits per heavy atom. The van der Waals surface area contributed by atoms with Gasteiger partial charge in [0.05, 0.1) is 27.8 Å². The molecule has 200 valence electrons. The summed E-state index contributed by atoms with van der Waals surface area (Å²) < 4.78 is 52.1. The molecular formula is C25H17BrCl3F4N3O2. The number of nitrogens with two attached hydrogens (primary N) is 1. The molecule has 4 rings (SSSR count). The van der Waals surface area contributed by atoms with Crippen LogP contribution in [0, 0.1) is 18.7 Å². The van der Waals surface area contributed by atoms with Crippen LogP contribution in [0.4, 0.5) is 34.6 Å². The number of anilines is 3. The predicted octanol–water partition coefficient (Wildman–Crippen LogP) is 7.93. The van der Waals surface area contributed by atoms with Crippen LogP contribution in [0.3, 0.4) is 0 Å². The number of carbonyl (C=O) groups excluding carboxylic acids is 2. The summed E-state index contributed by atoms with van der Waals surface area (Å²) >= 11 is 22.0. The summed E-state index contributed by atoms with van der Waals surface area (Å²) in [6.45, 7) is 1.73. The topological polar surface area (TPSA) is 84.2 Å². The Hall–Kier alpha value is -2.53. The zero-order valence-corrected chi connectivity index (χ0v) is 23.0. The molecule has 0 aliphatic heterocycles. The lowest BCUT2D eigenvalue weighted by Crippen LogP contribution is -2.18. The third-order valence-electron chi connectivity index (χ3n) is 6.18. The second kappa shape index (κ2) is 10.2. The van der Waals surface area contributed by atoms with E-state index in [0.29, 0.717) is 33.5 Å². The zero-order chi connectivity index (χ0) is 28.2. The Balaban J connectivity index is 1.53. The number of halogens is 8. The molecule has 1 saturated carbocycles. The standard InChI is InChI=1S/C25H17BrCl3F4N3O2/c1-10-18(7-4-15(26)21(10)34)36-22(37)13-9-12(3-5-16(13)27)35-23(38)20-19(24(20,28)29)11-2-6-17(30)14(8-11)25(31,32)33/h2-9,19-20H,34H2,1H3,(H,35,38)(H,36,37)/t19-,20+/m0/s1. The molecule has 0 heterocycles. The van der Waals surface area contributed by atoms with Crippen LogP contribution in [-0.2, 0) is 11.0 Å². The van der Waals surface area contributed by atoms with E-state index in [1.54, 1.807) is 19.1 Å². The van der Waals surface area contributed by atoms with E-state index in [4.69, 9.17) is 40.5 Å². The fourth-order valence-corrected chi connectivity index (χ4v) is 5.50. The molecule has 38 heavy (non-hydrogen) atoms. The van der Waals surface area contributed by atoms with Gasteiger partial charge in [0.1, 0.15) is 10.2 Å². The molecule has 0 radical (unpaired) electrons. The Morgan fingerprint density at radius 1 is 1.05 bits per heavy atom. The monoisotopic (exact) mass is 651 g/mol. The van der Waals surface area contributed by atoms with Crippen LogP contribution in [0.5, 0.6) is 0 Å². The first-order valence-electron chi connectivity index (χ1n) is 10.8. The normalized spacial score (nSPS) is 18.1. The van der Waals surface area contributed by atoms with Crippen molar-refractivity contribution >= 4 is 79.6 Å². The molecule has 0 aromatic heterocycles. The molecule has 13 heteroatoms. The lowest BCUT2D eigenvalue weighted by Gasteiger charge is -2.13. The van der Waals surface area contributed by atoms with Gasteiger partial charge in [0, 0.05) is 21.8 Å². The number of nitrogen functional groups attached to an aromatic ring is 1. The molecule has 2 atom stereocenters. The first-order valence-corrected chi connectivity index (χ1v) is 12.8. The van der Waals surface area contributed by atoms with Crippen molar-refractivity contribution in [3.8, 4) is 0 Å². The number of nitrogens with one attached hydrogen (secondary N) is 2. The average Bonchev–Trinajstić information content (AvgIpc) is 3.42. The third kappa shape index (κ3) is 5.45. The van der Waals surface area contributed by atoms with Gasteiger partial charge in [-0.05, 0) is 76.4 Å². The van der Waals surface area contributed by atoms with Gasteiger partial charge in [0.2, 0.25) is 5.91 Å². The summed E-state index contributed by atoms with van der Waals surface area (Å²) in [5.74, 6) is -4.89. The Labute approximate surface area is 237 Å². The van der Waals surface area contributed by atoms with E-state index < -0.39 is 45.5 Å². The molecule has 2 amide bonds. The SMILES string of the molecule is Cc1c(NC(=O)c2cc(NC(=O)[C@H]3[C@H](c4ccc(F)c(C(F)(F)F)c4)C3(Cl)Cl)ccc2Cl)ccc(Br)c1N. The van der Waals surface area contributed by atoms with Gasteiger partial charge in [-0.15, -0.1) is 23.2 Å². The highest BCUT2D eigenvalue weighted by Crippen LogP contribution is 2.65. The average molecular weight is 654 g/mol. The van der Waals surface area contributed by atoms with Gasteiger partial charge >= 0.3 is 6.18 Å². The number of hydrogen-bond acceptors (Lipinski definition) is 3. The highest BCUT2D eigenvalue weighted by atomic mass is 79.9. The number of carbonyl (C=O) groups is 2. The van der Waals surface area contributed by atoms with Crippen molar-refractivity contribution in [2.45, 2.75) is 23.4 Å². The molecular weight excluding hydrogens is 637 g/mol. The van der Waals surface area contributed by atoms with E-state index in [0.717, 1.165) is 6.07 Å². The van der Waals surface area contributed by atoms with Crippen molar-refractivity contribution in [1.82, 2.24) is 0 Å². The van der Waals surface area contributed by atoms with Crippen LogP contribution >= 0.6 is 50.7 Å². The predicted molar refractivity (Wildman–Crippen MR) is 143 cm³/mol. The van der Waals surface area contributed by atoms with Gasteiger partial charge in [-0.1, -0.05) is 17.7 Å². The molecule has 1 aliphatic rings. The maximum atomic E-state index is 13.7. The van der Waals surface area contributed by atoms with E-state index in [-0.39, 0.29) is 21.8 Å². The Morgan fingerprint density at radius 2 is 1.74 bits per heavy atom. The number of hydrogen-bond donors (Lipinski definition) is 3. The van der Waals surface area contributed by atoms with Gasteiger partial charge in [-0.2, -0.15) is 13.2 Å². The minimum Gasteiger partial charge on any atom is -0.398 e. The largest absolute Gasteiger partial charge is 0.419 e. The quantitative estimate of drug-likeness (QED) is 0.149. The minimum absolute atomic E-state index is 0.0362. The van der Waals surface area contributed by atoms with E-state index in [2.05, 4.69) is 26.6 Å².